The normalized spacial score (nSPS) is 15.5. The summed E-state index contributed by atoms with van der Waals surface area (Å²) in [5.74, 6) is 0.849. The first-order valence-corrected chi connectivity index (χ1v) is 11.5. The number of benzene rings is 3. The second-order valence-corrected chi connectivity index (χ2v) is 8.42. The summed E-state index contributed by atoms with van der Waals surface area (Å²) in [6, 6.07) is 29.4. The Kier molecular flexibility index (Phi) is 7.23. The lowest BCUT2D eigenvalue weighted by Crippen LogP contribution is -2.53. The summed E-state index contributed by atoms with van der Waals surface area (Å²) in [5, 5.41) is 0. The molecule has 0 bridgehead atoms. The van der Waals surface area contributed by atoms with Crippen LogP contribution in [0.25, 0.3) is 0 Å². The summed E-state index contributed by atoms with van der Waals surface area (Å²) in [6.07, 6.45) is 0.214. The molecule has 0 radical (unpaired) electrons. The van der Waals surface area contributed by atoms with Gasteiger partial charge in [0.25, 0.3) is 5.91 Å². The summed E-state index contributed by atoms with van der Waals surface area (Å²) < 4.78 is 6.07. The quantitative estimate of drug-likeness (QED) is 0.526. The number of aryl methyl sites for hydroxylation is 1. The van der Waals surface area contributed by atoms with Crippen molar-refractivity contribution in [3.63, 3.8) is 0 Å². The number of hydrogen-bond acceptors (Lipinski definition) is 3. The van der Waals surface area contributed by atoms with Crippen molar-refractivity contribution in [2.45, 2.75) is 32.4 Å². The van der Waals surface area contributed by atoms with Crippen molar-refractivity contribution in [3.8, 4) is 5.75 Å². The molecule has 4 heteroatoms. The van der Waals surface area contributed by atoms with E-state index in [1.165, 1.54) is 11.1 Å². The summed E-state index contributed by atoms with van der Waals surface area (Å²) in [6.45, 7) is 7.13. The molecular weight excluding hydrogens is 396 g/mol. The van der Waals surface area contributed by atoms with Gasteiger partial charge in [0.2, 0.25) is 0 Å². The highest BCUT2D eigenvalue weighted by Crippen LogP contribution is 2.29. The molecule has 1 aliphatic heterocycles. The van der Waals surface area contributed by atoms with E-state index < -0.39 is 6.10 Å². The molecule has 1 saturated heterocycles. The van der Waals surface area contributed by atoms with Crippen molar-refractivity contribution in [2.24, 2.45) is 0 Å². The largest absolute Gasteiger partial charge is 0.481 e. The molecule has 3 aromatic carbocycles. The van der Waals surface area contributed by atoms with Crippen LogP contribution in [0.2, 0.25) is 0 Å². The van der Waals surface area contributed by atoms with Gasteiger partial charge in [-0.15, -0.1) is 0 Å². The smallest absolute Gasteiger partial charge is 0.263 e. The van der Waals surface area contributed by atoms with Crippen molar-refractivity contribution in [1.82, 2.24) is 9.80 Å². The standard InChI is InChI=1S/C28H32N2O2/c1-3-26(32-25-16-10-11-22(2)21-25)28(31)30-19-17-29(18-20-30)27(23-12-6-4-7-13-23)24-14-8-5-9-15-24/h4-16,21,26-27H,3,17-20H2,1-2H3/t26-/m1/s1. The third-order valence-corrected chi connectivity index (χ3v) is 6.14. The van der Waals surface area contributed by atoms with Gasteiger partial charge in [0.05, 0.1) is 6.04 Å². The van der Waals surface area contributed by atoms with Gasteiger partial charge in [0.15, 0.2) is 6.10 Å². The number of rotatable bonds is 7. The molecule has 1 fully saturated rings. The lowest BCUT2D eigenvalue weighted by atomic mass is 9.96. The number of carbonyl (C=O) groups excluding carboxylic acids is 1. The van der Waals surface area contributed by atoms with Gasteiger partial charge in [-0.2, -0.15) is 0 Å². The minimum absolute atomic E-state index is 0.0876. The van der Waals surface area contributed by atoms with Crippen molar-refractivity contribution >= 4 is 5.91 Å². The van der Waals surface area contributed by atoms with Crippen LogP contribution in [0.4, 0.5) is 0 Å². The predicted octanol–water partition coefficient (Wildman–Crippen LogP) is 5.09. The van der Waals surface area contributed by atoms with E-state index in [2.05, 4.69) is 65.6 Å². The molecule has 0 N–H and O–H groups in total. The van der Waals surface area contributed by atoms with Crippen molar-refractivity contribution in [2.75, 3.05) is 26.2 Å². The van der Waals surface area contributed by atoms with Gasteiger partial charge < -0.3 is 9.64 Å². The van der Waals surface area contributed by atoms with Gasteiger partial charge in [-0.25, -0.2) is 0 Å². The van der Waals surface area contributed by atoms with Gasteiger partial charge in [-0.3, -0.25) is 9.69 Å². The van der Waals surface area contributed by atoms with E-state index in [9.17, 15) is 4.79 Å². The van der Waals surface area contributed by atoms with Crippen LogP contribution in [0.3, 0.4) is 0 Å². The predicted molar refractivity (Wildman–Crippen MR) is 129 cm³/mol. The summed E-state index contributed by atoms with van der Waals surface area (Å²) >= 11 is 0. The second kappa shape index (κ2) is 10.5. The van der Waals surface area contributed by atoms with Gasteiger partial charge in [0, 0.05) is 26.2 Å². The number of hydrogen-bond donors (Lipinski definition) is 0. The monoisotopic (exact) mass is 428 g/mol. The molecule has 1 atom stereocenters. The molecule has 0 spiro atoms. The Morgan fingerprint density at radius 1 is 0.844 bits per heavy atom. The lowest BCUT2D eigenvalue weighted by molar-refractivity contribution is -0.140. The molecule has 0 aliphatic carbocycles. The highest BCUT2D eigenvalue weighted by atomic mass is 16.5. The first-order valence-electron chi connectivity index (χ1n) is 11.5. The maximum absolute atomic E-state index is 13.2. The number of piperazine rings is 1. The summed E-state index contributed by atoms with van der Waals surface area (Å²) in [4.78, 5) is 17.7. The number of amides is 1. The van der Waals surface area contributed by atoms with Gasteiger partial charge >= 0.3 is 0 Å². The molecule has 166 valence electrons. The van der Waals surface area contributed by atoms with E-state index in [-0.39, 0.29) is 11.9 Å². The van der Waals surface area contributed by atoms with E-state index in [0.29, 0.717) is 19.5 Å². The maximum Gasteiger partial charge on any atom is 0.263 e. The number of carbonyl (C=O) groups is 1. The van der Waals surface area contributed by atoms with Crippen molar-refractivity contribution in [3.05, 3.63) is 102 Å². The number of ether oxygens (including phenoxy) is 1. The zero-order valence-corrected chi connectivity index (χ0v) is 19.0. The molecule has 1 amide bonds. The Bertz CT molecular complexity index is 959. The van der Waals surface area contributed by atoms with Crippen LogP contribution in [0, 0.1) is 6.92 Å². The molecule has 0 saturated carbocycles. The summed E-state index contributed by atoms with van der Waals surface area (Å²) in [7, 11) is 0. The molecule has 1 aliphatic rings. The first-order chi connectivity index (χ1) is 15.7. The van der Waals surface area contributed by atoms with Crippen molar-refractivity contribution < 1.29 is 9.53 Å². The fraction of sp³-hybridized carbons (Fsp3) is 0.321. The second-order valence-electron chi connectivity index (χ2n) is 8.42. The van der Waals surface area contributed by atoms with Crippen LogP contribution < -0.4 is 4.74 Å². The fourth-order valence-corrected chi connectivity index (χ4v) is 4.45. The zero-order chi connectivity index (χ0) is 22.3. The van der Waals surface area contributed by atoms with E-state index >= 15 is 0 Å². The van der Waals surface area contributed by atoms with Gasteiger partial charge in [0.1, 0.15) is 5.75 Å². The van der Waals surface area contributed by atoms with Crippen LogP contribution in [0.15, 0.2) is 84.9 Å². The average Bonchev–Trinajstić information content (AvgIpc) is 2.84. The lowest BCUT2D eigenvalue weighted by Gasteiger charge is -2.40. The molecule has 1 heterocycles. The first kappa shape index (κ1) is 22.1. The maximum atomic E-state index is 13.2. The number of nitrogens with zero attached hydrogens (tertiary/aromatic N) is 2. The third kappa shape index (κ3) is 5.20. The van der Waals surface area contributed by atoms with Crippen LogP contribution in [-0.4, -0.2) is 48.0 Å². The Labute approximate surface area is 191 Å². The Morgan fingerprint density at radius 3 is 1.97 bits per heavy atom. The van der Waals surface area contributed by atoms with Crippen molar-refractivity contribution in [1.29, 1.82) is 0 Å². The molecule has 3 aromatic rings. The molecular formula is C28H32N2O2. The highest BCUT2D eigenvalue weighted by molar-refractivity contribution is 5.81. The van der Waals surface area contributed by atoms with Crippen LogP contribution in [0.5, 0.6) is 5.75 Å². The third-order valence-electron chi connectivity index (χ3n) is 6.14. The van der Waals surface area contributed by atoms with E-state index in [1.807, 2.05) is 43.0 Å². The Hall–Kier alpha value is -3.11. The van der Waals surface area contributed by atoms with Crippen LogP contribution >= 0.6 is 0 Å². The fourth-order valence-electron chi connectivity index (χ4n) is 4.45. The molecule has 0 unspecified atom stereocenters. The van der Waals surface area contributed by atoms with Crippen LogP contribution in [-0.2, 0) is 4.79 Å². The Balaban J connectivity index is 1.44. The highest BCUT2D eigenvalue weighted by Gasteiger charge is 2.31. The molecule has 0 aromatic heterocycles. The minimum atomic E-state index is -0.442. The molecule has 4 rings (SSSR count). The van der Waals surface area contributed by atoms with E-state index in [0.717, 1.165) is 24.4 Å². The van der Waals surface area contributed by atoms with Crippen LogP contribution in [0.1, 0.15) is 36.1 Å². The minimum Gasteiger partial charge on any atom is -0.481 e. The molecule has 32 heavy (non-hydrogen) atoms. The van der Waals surface area contributed by atoms with E-state index in [1.54, 1.807) is 0 Å². The molecule has 4 nitrogen and oxygen atoms in total. The topological polar surface area (TPSA) is 32.8 Å². The zero-order valence-electron chi connectivity index (χ0n) is 19.0. The average molecular weight is 429 g/mol. The van der Waals surface area contributed by atoms with E-state index in [4.69, 9.17) is 4.74 Å². The SMILES string of the molecule is CC[C@@H](Oc1cccc(C)c1)C(=O)N1CCN(C(c2ccccc2)c2ccccc2)CC1. The summed E-state index contributed by atoms with van der Waals surface area (Å²) in [5.41, 5.74) is 3.70. The van der Waals surface area contributed by atoms with Gasteiger partial charge in [-0.05, 0) is 42.2 Å². The van der Waals surface area contributed by atoms with Gasteiger partial charge in [-0.1, -0.05) is 79.7 Å². The Morgan fingerprint density at radius 2 is 1.44 bits per heavy atom.